The standard InChI is InChI=1S/C26H21N3O4S/c1-17-28-22(16-34-17)18-8-9-23-19(13-18)10-12-29(23)25(30)15-32-26(31)21-6-2-3-7-24(21)33-20-5-4-11-27-14-20/h2-9,11,13-14,16H,10,12,15H2,1H3. The number of anilines is 1. The van der Waals surface area contributed by atoms with E-state index in [4.69, 9.17) is 9.47 Å². The van der Waals surface area contributed by atoms with Crippen molar-refractivity contribution in [2.24, 2.45) is 0 Å². The summed E-state index contributed by atoms with van der Waals surface area (Å²) in [6.45, 7) is 2.17. The van der Waals surface area contributed by atoms with Crippen molar-refractivity contribution < 1.29 is 19.1 Å². The molecule has 0 spiro atoms. The normalized spacial score (nSPS) is 12.3. The van der Waals surface area contributed by atoms with Gasteiger partial charge in [0.25, 0.3) is 5.91 Å². The lowest BCUT2D eigenvalue weighted by molar-refractivity contribution is -0.121. The van der Waals surface area contributed by atoms with Crippen LogP contribution in [0, 0.1) is 6.92 Å². The molecule has 170 valence electrons. The van der Waals surface area contributed by atoms with Crippen LogP contribution in [0.3, 0.4) is 0 Å². The van der Waals surface area contributed by atoms with Gasteiger partial charge in [-0.15, -0.1) is 11.3 Å². The Labute approximate surface area is 200 Å². The van der Waals surface area contributed by atoms with E-state index in [-0.39, 0.29) is 18.1 Å². The molecule has 0 saturated carbocycles. The third kappa shape index (κ3) is 4.53. The number of rotatable bonds is 6. The number of carbonyl (C=O) groups is 2. The van der Waals surface area contributed by atoms with Crippen LogP contribution in [-0.4, -0.2) is 35.0 Å². The third-order valence-corrected chi connectivity index (χ3v) is 6.26. The van der Waals surface area contributed by atoms with Crippen LogP contribution in [0.1, 0.15) is 20.9 Å². The number of esters is 1. The summed E-state index contributed by atoms with van der Waals surface area (Å²) in [5.74, 6) is -0.0551. The summed E-state index contributed by atoms with van der Waals surface area (Å²) in [6, 6.07) is 16.2. The van der Waals surface area contributed by atoms with E-state index >= 15 is 0 Å². The van der Waals surface area contributed by atoms with Gasteiger partial charge in [0.05, 0.1) is 16.9 Å². The number of thiazole rings is 1. The van der Waals surface area contributed by atoms with Crippen molar-refractivity contribution in [3.63, 3.8) is 0 Å². The number of hydrogen-bond acceptors (Lipinski definition) is 7. The molecule has 0 fully saturated rings. The molecule has 2 aromatic carbocycles. The Bertz CT molecular complexity index is 1350. The maximum Gasteiger partial charge on any atom is 0.342 e. The van der Waals surface area contributed by atoms with Crippen molar-refractivity contribution >= 4 is 28.9 Å². The quantitative estimate of drug-likeness (QED) is 0.366. The fourth-order valence-electron chi connectivity index (χ4n) is 3.86. The van der Waals surface area contributed by atoms with E-state index in [9.17, 15) is 9.59 Å². The lowest BCUT2D eigenvalue weighted by Crippen LogP contribution is -2.33. The number of aryl methyl sites for hydroxylation is 1. The third-order valence-electron chi connectivity index (χ3n) is 5.49. The van der Waals surface area contributed by atoms with Gasteiger partial charge < -0.3 is 14.4 Å². The predicted molar refractivity (Wildman–Crippen MR) is 129 cm³/mol. The molecule has 3 heterocycles. The van der Waals surface area contributed by atoms with Gasteiger partial charge in [-0.3, -0.25) is 9.78 Å². The zero-order valence-corrected chi connectivity index (χ0v) is 19.2. The second-order valence-electron chi connectivity index (χ2n) is 7.75. The Morgan fingerprint density at radius 2 is 2.00 bits per heavy atom. The summed E-state index contributed by atoms with van der Waals surface area (Å²) >= 11 is 1.61. The van der Waals surface area contributed by atoms with Crippen molar-refractivity contribution in [1.29, 1.82) is 0 Å². The average molecular weight is 472 g/mol. The maximum atomic E-state index is 12.9. The largest absolute Gasteiger partial charge is 0.455 e. The fraction of sp³-hybridized carbons (Fsp3) is 0.154. The first-order chi connectivity index (χ1) is 16.6. The van der Waals surface area contributed by atoms with Crippen molar-refractivity contribution in [3.05, 3.63) is 88.5 Å². The number of fused-ring (bicyclic) bond motifs is 1. The number of pyridine rings is 1. The van der Waals surface area contributed by atoms with Crippen LogP contribution >= 0.6 is 11.3 Å². The predicted octanol–water partition coefficient (Wildman–Crippen LogP) is 5.05. The topological polar surface area (TPSA) is 81.6 Å². The molecular formula is C26H21N3O4S. The first-order valence-corrected chi connectivity index (χ1v) is 11.7. The Kier molecular flexibility index (Phi) is 6.05. The number of ether oxygens (including phenoxy) is 2. The van der Waals surface area contributed by atoms with E-state index in [1.807, 2.05) is 24.4 Å². The van der Waals surface area contributed by atoms with E-state index in [2.05, 4.69) is 16.0 Å². The van der Waals surface area contributed by atoms with Gasteiger partial charge in [-0.2, -0.15) is 0 Å². The van der Waals surface area contributed by atoms with Crippen molar-refractivity contribution in [2.75, 3.05) is 18.1 Å². The second-order valence-corrected chi connectivity index (χ2v) is 8.82. The molecule has 8 heteroatoms. The average Bonchev–Trinajstić information content (AvgIpc) is 3.49. The highest BCUT2D eigenvalue weighted by molar-refractivity contribution is 7.09. The lowest BCUT2D eigenvalue weighted by atomic mass is 10.1. The minimum Gasteiger partial charge on any atom is -0.455 e. The highest BCUT2D eigenvalue weighted by atomic mass is 32.1. The summed E-state index contributed by atoms with van der Waals surface area (Å²) in [5.41, 5.74) is 4.14. The number of para-hydroxylation sites is 1. The number of aromatic nitrogens is 2. The van der Waals surface area contributed by atoms with Crippen LogP contribution in [0.5, 0.6) is 11.5 Å². The Balaban J connectivity index is 1.25. The smallest absolute Gasteiger partial charge is 0.342 e. The number of amides is 1. The van der Waals surface area contributed by atoms with Crippen molar-refractivity contribution in [1.82, 2.24) is 9.97 Å². The summed E-state index contributed by atoms with van der Waals surface area (Å²) in [4.78, 5) is 35.8. The van der Waals surface area contributed by atoms with Gasteiger partial charge in [0, 0.05) is 29.4 Å². The summed E-state index contributed by atoms with van der Waals surface area (Å²) in [7, 11) is 0. The summed E-state index contributed by atoms with van der Waals surface area (Å²) in [6.07, 6.45) is 3.93. The Hall–Kier alpha value is -4.04. The lowest BCUT2D eigenvalue weighted by Gasteiger charge is -2.18. The SMILES string of the molecule is Cc1nc(-c2ccc3c(c2)CCN3C(=O)COC(=O)c2ccccc2Oc2cccnc2)cs1. The number of carbonyl (C=O) groups excluding carboxylic acids is 2. The van der Waals surface area contributed by atoms with E-state index in [1.165, 1.54) is 0 Å². The van der Waals surface area contributed by atoms with E-state index in [0.29, 0.717) is 18.0 Å². The molecule has 0 bridgehead atoms. The van der Waals surface area contributed by atoms with Crippen LogP contribution in [0.2, 0.25) is 0 Å². The molecule has 0 atom stereocenters. The van der Waals surface area contributed by atoms with Crippen molar-refractivity contribution in [3.8, 4) is 22.8 Å². The molecule has 1 aliphatic heterocycles. The molecule has 1 amide bonds. The molecule has 0 saturated heterocycles. The van der Waals surface area contributed by atoms with Gasteiger partial charge in [0.15, 0.2) is 6.61 Å². The zero-order chi connectivity index (χ0) is 23.5. The van der Waals surface area contributed by atoms with Gasteiger partial charge in [0.2, 0.25) is 0 Å². The van der Waals surface area contributed by atoms with Crippen LogP contribution < -0.4 is 9.64 Å². The minimum absolute atomic E-state index is 0.240. The summed E-state index contributed by atoms with van der Waals surface area (Å²) in [5, 5.41) is 3.05. The molecule has 4 aromatic rings. The molecular weight excluding hydrogens is 450 g/mol. The molecule has 34 heavy (non-hydrogen) atoms. The number of benzene rings is 2. The molecule has 0 radical (unpaired) electrons. The van der Waals surface area contributed by atoms with E-state index in [1.54, 1.807) is 65.0 Å². The van der Waals surface area contributed by atoms with E-state index < -0.39 is 5.97 Å². The van der Waals surface area contributed by atoms with Gasteiger partial charge in [0.1, 0.15) is 17.1 Å². The highest BCUT2D eigenvalue weighted by Crippen LogP contribution is 2.33. The van der Waals surface area contributed by atoms with Gasteiger partial charge in [-0.1, -0.05) is 18.2 Å². The van der Waals surface area contributed by atoms with Crippen molar-refractivity contribution in [2.45, 2.75) is 13.3 Å². The molecule has 5 rings (SSSR count). The number of hydrogen-bond donors (Lipinski definition) is 0. The second kappa shape index (κ2) is 9.44. The highest BCUT2D eigenvalue weighted by Gasteiger charge is 2.26. The maximum absolute atomic E-state index is 12.9. The molecule has 0 unspecified atom stereocenters. The monoisotopic (exact) mass is 471 g/mol. The van der Waals surface area contributed by atoms with Gasteiger partial charge in [-0.25, -0.2) is 9.78 Å². The molecule has 0 aliphatic carbocycles. The molecule has 2 aromatic heterocycles. The summed E-state index contributed by atoms with van der Waals surface area (Å²) < 4.78 is 11.1. The molecule has 7 nitrogen and oxygen atoms in total. The zero-order valence-electron chi connectivity index (χ0n) is 18.4. The fourth-order valence-corrected chi connectivity index (χ4v) is 4.48. The van der Waals surface area contributed by atoms with Crippen LogP contribution in [0.25, 0.3) is 11.3 Å². The van der Waals surface area contributed by atoms with E-state index in [0.717, 1.165) is 33.9 Å². The molecule has 1 aliphatic rings. The molecule has 0 N–H and O–H groups in total. The minimum atomic E-state index is -0.624. The van der Waals surface area contributed by atoms with Crippen LogP contribution in [0.15, 0.2) is 72.4 Å². The Morgan fingerprint density at radius 1 is 1.12 bits per heavy atom. The first-order valence-electron chi connectivity index (χ1n) is 10.8. The Morgan fingerprint density at radius 3 is 2.79 bits per heavy atom. The van der Waals surface area contributed by atoms with Crippen LogP contribution in [0.4, 0.5) is 5.69 Å². The van der Waals surface area contributed by atoms with Gasteiger partial charge >= 0.3 is 5.97 Å². The van der Waals surface area contributed by atoms with Gasteiger partial charge in [-0.05, 0) is 55.3 Å². The van der Waals surface area contributed by atoms with Crippen LogP contribution in [-0.2, 0) is 16.0 Å². The number of nitrogens with zero attached hydrogens (tertiary/aromatic N) is 3. The first kappa shape index (κ1) is 21.8.